The lowest BCUT2D eigenvalue weighted by Crippen LogP contribution is -2.10. The molecule has 0 aliphatic heterocycles. The first-order chi connectivity index (χ1) is 6.33. The minimum Gasteiger partial charge on any atom is -0.391 e. The maximum atomic E-state index is 11.1. The smallest absolute Gasteiger partial charge is 0.251 e. The van der Waals surface area contributed by atoms with Gasteiger partial charge in [-0.25, -0.2) is 4.98 Å². The minimum absolute atomic E-state index is 0.170. The Balaban J connectivity index is 2.34. The van der Waals surface area contributed by atoms with Crippen LogP contribution in [-0.4, -0.2) is 17.4 Å². The number of hydrogen-bond acceptors (Lipinski definition) is 4. The van der Waals surface area contributed by atoms with E-state index in [1.54, 1.807) is 12.4 Å². The molecule has 0 spiro atoms. The predicted octanol–water partition coefficient (Wildman–Crippen LogP) is 1.20. The lowest BCUT2D eigenvalue weighted by molar-refractivity contribution is -0.111. The molecule has 0 saturated carbocycles. The van der Waals surface area contributed by atoms with Crippen LogP contribution in [0.3, 0.4) is 0 Å². The van der Waals surface area contributed by atoms with Crippen LogP contribution in [0.2, 0.25) is 0 Å². The Morgan fingerprint density at radius 2 is 2.62 bits per heavy atom. The molecule has 0 aromatic carbocycles. The molecule has 0 saturated heterocycles. The number of carbonyl (C=O) groups is 1. The minimum atomic E-state index is -0.170. The highest BCUT2D eigenvalue weighted by molar-refractivity contribution is 7.13. The topological polar surface area (TPSA) is 54.0 Å². The zero-order valence-corrected chi connectivity index (χ0v) is 8.10. The van der Waals surface area contributed by atoms with Crippen LogP contribution in [0.15, 0.2) is 23.9 Å². The predicted molar refractivity (Wildman–Crippen MR) is 53.6 cm³/mol. The number of thiazole rings is 1. The zero-order chi connectivity index (χ0) is 9.52. The normalized spacial score (nSPS) is 10.2. The molecule has 5 heteroatoms. The molecule has 4 nitrogen and oxygen atoms in total. The summed E-state index contributed by atoms with van der Waals surface area (Å²) in [7, 11) is 0. The van der Waals surface area contributed by atoms with Gasteiger partial charge >= 0.3 is 0 Å². The molecule has 0 atom stereocenters. The molecule has 2 N–H and O–H groups in total. The molecule has 1 rings (SSSR count). The van der Waals surface area contributed by atoms with E-state index in [-0.39, 0.29) is 5.91 Å². The van der Waals surface area contributed by atoms with Crippen molar-refractivity contribution in [2.75, 3.05) is 11.9 Å². The van der Waals surface area contributed by atoms with Crippen LogP contribution in [0.25, 0.3) is 0 Å². The van der Waals surface area contributed by atoms with E-state index in [9.17, 15) is 4.79 Å². The summed E-state index contributed by atoms with van der Waals surface area (Å²) < 4.78 is 0. The van der Waals surface area contributed by atoms with Crippen LogP contribution in [0.5, 0.6) is 0 Å². The monoisotopic (exact) mass is 197 g/mol. The maximum absolute atomic E-state index is 11.1. The SMILES string of the molecule is CCN/C=C/C(=O)Nc1nccs1. The third-order valence-electron chi connectivity index (χ3n) is 1.22. The number of aromatic nitrogens is 1. The maximum Gasteiger partial charge on any atom is 0.251 e. The molecule has 70 valence electrons. The van der Waals surface area contributed by atoms with Gasteiger partial charge in [0.15, 0.2) is 5.13 Å². The number of rotatable bonds is 4. The number of nitrogens with zero attached hydrogens (tertiary/aromatic N) is 1. The Morgan fingerprint density at radius 1 is 1.77 bits per heavy atom. The molecular weight excluding hydrogens is 186 g/mol. The quantitative estimate of drug-likeness (QED) is 0.713. The van der Waals surface area contributed by atoms with Crippen molar-refractivity contribution in [3.8, 4) is 0 Å². The van der Waals surface area contributed by atoms with E-state index in [4.69, 9.17) is 0 Å². The standard InChI is InChI=1S/C8H11N3OS/c1-2-9-4-3-7(12)11-8-10-5-6-13-8/h3-6,9H,2H2,1H3,(H,10,11,12)/b4-3+. The number of anilines is 1. The Bertz CT molecular complexity index is 282. The molecule has 0 fully saturated rings. The molecule has 0 aliphatic carbocycles. The van der Waals surface area contributed by atoms with E-state index < -0.39 is 0 Å². The fourth-order valence-electron chi connectivity index (χ4n) is 0.685. The van der Waals surface area contributed by atoms with Crippen molar-refractivity contribution < 1.29 is 4.79 Å². The number of amides is 1. The van der Waals surface area contributed by atoms with Gasteiger partial charge in [-0.1, -0.05) is 0 Å². The van der Waals surface area contributed by atoms with Gasteiger partial charge in [-0.15, -0.1) is 11.3 Å². The van der Waals surface area contributed by atoms with Gasteiger partial charge in [0.05, 0.1) is 0 Å². The van der Waals surface area contributed by atoms with Crippen molar-refractivity contribution >= 4 is 22.4 Å². The van der Waals surface area contributed by atoms with E-state index in [0.29, 0.717) is 5.13 Å². The summed E-state index contributed by atoms with van der Waals surface area (Å²) in [5, 5.41) is 7.95. The van der Waals surface area contributed by atoms with Crippen LogP contribution >= 0.6 is 11.3 Å². The van der Waals surface area contributed by atoms with Gasteiger partial charge in [0.25, 0.3) is 5.91 Å². The number of hydrogen-bond donors (Lipinski definition) is 2. The van der Waals surface area contributed by atoms with Crippen LogP contribution in [0, 0.1) is 0 Å². The first-order valence-corrected chi connectivity index (χ1v) is 4.81. The highest BCUT2D eigenvalue weighted by atomic mass is 32.1. The Kier molecular flexibility index (Phi) is 3.98. The summed E-state index contributed by atoms with van der Waals surface area (Å²) in [6.07, 6.45) is 4.70. The Hall–Kier alpha value is -1.36. The van der Waals surface area contributed by atoms with Gasteiger partial charge in [0.1, 0.15) is 0 Å². The lowest BCUT2D eigenvalue weighted by atomic mass is 10.5. The van der Waals surface area contributed by atoms with Gasteiger partial charge in [0, 0.05) is 30.4 Å². The molecule has 1 aromatic heterocycles. The average molecular weight is 197 g/mol. The summed E-state index contributed by atoms with van der Waals surface area (Å²) in [5.74, 6) is -0.170. The molecule has 1 heterocycles. The number of carbonyl (C=O) groups excluding carboxylic acids is 1. The summed E-state index contributed by atoms with van der Waals surface area (Å²) in [6, 6.07) is 0. The third-order valence-corrected chi connectivity index (χ3v) is 1.91. The molecule has 0 bridgehead atoms. The average Bonchev–Trinajstić information content (AvgIpc) is 2.57. The fourth-order valence-corrected chi connectivity index (χ4v) is 1.22. The van der Waals surface area contributed by atoms with E-state index in [2.05, 4.69) is 15.6 Å². The highest BCUT2D eigenvalue weighted by Gasteiger charge is 1.97. The molecular formula is C8H11N3OS. The lowest BCUT2D eigenvalue weighted by Gasteiger charge is -1.95. The third kappa shape index (κ3) is 3.71. The van der Waals surface area contributed by atoms with Crippen molar-refractivity contribution in [1.82, 2.24) is 10.3 Å². The largest absolute Gasteiger partial charge is 0.391 e. The van der Waals surface area contributed by atoms with Gasteiger partial charge < -0.3 is 5.32 Å². The van der Waals surface area contributed by atoms with E-state index >= 15 is 0 Å². The Labute approximate surface area is 80.7 Å². The summed E-state index contributed by atoms with van der Waals surface area (Å²) >= 11 is 1.39. The second-order valence-corrected chi connectivity index (χ2v) is 3.11. The van der Waals surface area contributed by atoms with E-state index in [1.165, 1.54) is 17.4 Å². The van der Waals surface area contributed by atoms with Crippen molar-refractivity contribution in [3.63, 3.8) is 0 Å². The van der Waals surface area contributed by atoms with E-state index in [0.717, 1.165) is 6.54 Å². The van der Waals surface area contributed by atoms with Crippen LogP contribution in [-0.2, 0) is 4.79 Å². The second kappa shape index (κ2) is 5.31. The van der Waals surface area contributed by atoms with Crippen molar-refractivity contribution in [1.29, 1.82) is 0 Å². The first-order valence-electron chi connectivity index (χ1n) is 3.93. The Morgan fingerprint density at radius 3 is 3.23 bits per heavy atom. The number of nitrogens with one attached hydrogen (secondary N) is 2. The van der Waals surface area contributed by atoms with Gasteiger partial charge in [-0.2, -0.15) is 0 Å². The second-order valence-electron chi connectivity index (χ2n) is 2.22. The van der Waals surface area contributed by atoms with Crippen molar-refractivity contribution in [2.45, 2.75) is 6.92 Å². The molecule has 0 aliphatic rings. The van der Waals surface area contributed by atoms with Gasteiger partial charge in [0.2, 0.25) is 0 Å². The van der Waals surface area contributed by atoms with Crippen LogP contribution in [0.1, 0.15) is 6.92 Å². The van der Waals surface area contributed by atoms with Crippen LogP contribution in [0.4, 0.5) is 5.13 Å². The van der Waals surface area contributed by atoms with Crippen LogP contribution < -0.4 is 10.6 Å². The molecule has 1 aromatic rings. The summed E-state index contributed by atoms with van der Waals surface area (Å²) in [4.78, 5) is 15.0. The molecule has 13 heavy (non-hydrogen) atoms. The summed E-state index contributed by atoms with van der Waals surface area (Å²) in [5.41, 5.74) is 0. The fraction of sp³-hybridized carbons (Fsp3) is 0.250. The zero-order valence-electron chi connectivity index (χ0n) is 7.28. The summed E-state index contributed by atoms with van der Waals surface area (Å²) in [6.45, 7) is 2.77. The first kappa shape index (κ1) is 9.73. The van der Waals surface area contributed by atoms with Gasteiger partial charge in [-0.3, -0.25) is 10.1 Å². The molecule has 0 unspecified atom stereocenters. The van der Waals surface area contributed by atoms with E-state index in [1.807, 2.05) is 12.3 Å². The van der Waals surface area contributed by atoms with Crippen molar-refractivity contribution in [2.24, 2.45) is 0 Å². The van der Waals surface area contributed by atoms with Crippen molar-refractivity contribution in [3.05, 3.63) is 23.9 Å². The van der Waals surface area contributed by atoms with Gasteiger partial charge in [-0.05, 0) is 6.92 Å². The molecule has 1 amide bonds. The molecule has 0 radical (unpaired) electrons. The highest BCUT2D eigenvalue weighted by Crippen LogP contribution is 2.09.